The molecule has 8 heteroatoms. The molecule has 0 saturated heterocycles. The third-order valence-electron chi connectivity index (χ3n) is 4.72. The van der Waals surface area contributed by atoms with Gasteiger partial charge in [-0.05, 0) is 42.2 Å². The summed E-state index contributed by atoms with van der Waals surface area (Å²) >= 11 is 1.58. The van der Waals surface area contributed by atoms with Crippen LogP contribution in [0.1, 0.15) is 6.92 Å². The third-order valence-corrected chi connectivity index (χ3v) is 7.49. The Hall–Kier alpha value is -2.84. The van der Waals surface area contributed by atoms with Gasteiger partial charge in [0.25, 0.3) is 10.0 Å². The fourth-order valence-electron chi connectivity index (χ4n) is 3.45. The van der Waals surface area contributed by atoms with Crippen LogP contribution in [-0.4, -0.2) is 26.6 Å². The Morgan fingerprint density at radius 1 is 1.03 bits per heavy atom. The van der Waals surface area contributed by atoms with Crippen LogP contribution >= 0.6 is 11.8 Å². The first kappa shape index (κ1) is 20.4. The summed E-state index contributed by atoms with van der Waals surface area (Å²) in [6, 6.07) is 17.7. The summed E-state index contributed by atoms with van der Waals surface area (Å²) in [6.07, 6.45) is 0. The van der Waals surface area contributed by atoms with Crippen molar-refractivity contribution in [2.24, 2.45) is 0 Å². The Balaban J connectivity index is 1.70. The van der Waals surface area contributed by atoms with E-state index in [2.05, 4.69) is 5.32 Å². The van der Waals surface area contributed by atoms with Crippen LogP contribution in [0, 0.1) is 5.82 Å². The molecule has 3 aromatic rings. The van der Waals surface area contributed by atoms with Gasteiger partial charge in [0.05, 0.1) is 16.3 Å². The van der Waals surface area contributed by atoms with Gasteiger partial charge in [-0.1, -0.05) is 37.3 Å². The number of thioether (sulfide) groups is 1. The van der Waals surface area contributed by atoms with Crippen LogP contribution in [0.3, 0.4) is 0 Å². The first-order valence-electron chi connectivity index (χ1n) is 9.35. The number of sulfonamides is 1. The number of carbonyl (C=O) groups excluding carboxylic acids is 1. The van der Waals surface area contributed by atoms with Gasteiger partial charge in [-0.3, -0.25) is 9.10 Å². The molecule has 0 atom stereocenters. The zero-order valence-corrected chi connectivity index (χ0v) is 17.8. The molecule has 0 bridgehead atoms. The molecule has 1 amide bonds. The molecule has 30 heavy (non-hydrogen) atoms. The number of hydrogen-bond donors (Lipinski definition) is 1. The van der Waals surface area contributed by atoms with Crippen molar-refractivity contribution in [3.8, 4) is 11.1 Å². The highest BCUT2D eigenvalue weighted by molar-refractivity contribution is 7.99. The molecule has 154 valence electrons. The number of carbonyl (C=O) groups is 1. The second-order valence-electron chi connectivity index (χ2n) is 6.65. The van der Waals surface area contributed by atoms with E-state index in [4.69, 9.17) is 0 Å². The maximum absolute atomic E-state index is 13.9. The van der Waals surface area contributed by atoms with Gasteiger partial charge in [0.1, 0.15) is 12.4 Å². The van der Waals surface area contributed by atoms with Crippen LogP contribution in [0.5, 0.6) is 0 Å². The van der Waals surface area contributed by atoms with E-state index in [9.17, 15) is 17.6 Å². The molecule has 0 spiro atoms. The summed E-state index contributed by atoms with van der Waals surface area (Å²) in [6.45, 7) is 1.59. The lowest BCUT2D eigenvalue weighted by Crippen LogP contribution is -2.40. The van der Waals surface area contributed by atoms with E-state index in [0.29, 0.717) is 16.8 Å². The number of hydrogen-bond acceptors (Lipinski definition) is 4. The van der Waals surface area contributed by atoms with Crippen LogP contribution in [0.25, 0.3) is 11.1 Å². The fourth-order valence-corrected chi connectivity index (χ4v) is 5.85. The van der Waals surface area contributed by atoms with E-state index in [1.807, 2.05) is 19.1 Å². The molecule has 0 fully saturated rings. The number of benzene rings is 3. The molecule has 0 unspecified atom stereocenters. The van der Waals surface area contributed by atoms with E-state index < -0.39 is 28.3 Å². The van der Waals surface area contributed by atoms with Crippen LogP contribution in [-0.2, 0) is 14.8 Å². The highest BCUT2D eigenvalue weighted by Gasteiger charge is 2.36. The Labute approximate surface area is 179 Å². The Kier molecular flexibility index (Phi) is 5.53. The molecule has 0 aromatic heterocycles. The normalized spacial score (nSPS) is 14.0. The molecule has 0 radical (unpaired) electrons. The molecular formula is C22H19FN2O3S2. The standard InChI is InChI=1S/C22H19FN2O3S2/c1-2-29-20-9-5-4-8-18(20)24-22(26)14-25-19-12-11-15(23)13-17(19)16-7-3-6-10-21(16)30(25,27)28/h3-13H,2,14H2,1H3,(H,24,26). The molecule has 1 aliphatic heterocycles. The van der Waals surface area contributed by atoms with Crippen molar-refractivity contribution in [1.82, 2.24) is 0 Å². The zero-order valence-electron chi connectivity index (χ0n) is 16.1. The first-order chi connectivity index (χ1) is 14.4. The number of anilines is 2. The van der Waals surface area contributed by atoms with Crippen LogP contribution < -0.4 is 9.62 Å². The Morgan fingerprint density at radius 3 is 2.57 bits per heavy atom. The average Bonchev–Trinajstić information content (AvgIpc) is 2.73. The molecule has 3 aromatic carbocycles. The highest BCUT2D eigenvalue weighted by Crippen LogP contribution is 2.43. The SMILES string of the molecule is CCSc1ccccc1NC(=O)CN1c2ccc(F)cc2-c2ccccc2S1(=O)=O. The molecule has 0 aliphatic carbocycles. The second kappa shape index (κ2) is 8.12. The van der Waals surface area contributed by atoms with Gasteiger partial charge in [0.2, 0.25) is 5.91 Å². The lowest BCUT2D eigenvalue weighted by atomic mass is 10.0. The lowest BCUT2D eigenvalue weighted by Gasteiger charge is -2.31. The number of fused-ring (bicyclic) bond motifs is 3. The van der Waals surface area contributed by atoms with Gasteiger partial charge in [0, 0.05) is 16.0 Å². The lowest BCUT2D eigenvalue weighted by molar-refractivity contribution is -0.114. The number of halogens is 1. The van der Waals surface area contributed by atoms with Gasteiger partial charge < -0.3 is 5.32 Å². The van der Waals surface area contributed by atoms with E-state index >= 15 is 0 Å². The largest absolute Gasteiger partial charge is 0.323 e. The summed E-state index contributed by atoms with van der Waals surface area (Å²) in [5.41, 5.74) is 1.77. The third kappa shape index (κ3) is 3.68. The van der Waals surface area contributed by atoms with E-state index in [0.717, 1.165) is 15.0 Å². The zero-order chi connectivity index (χ0) is 21.3. The number of rotatable bonds is 5. The fraction of sp³-hybridized carbons (Fsp3) is 0.136. The average molecular weight is 443 g/mol. The molecule has 1 N–H and O–H groups in total. The smallest absolute Gasteiger partial charge is 0.265 e. The second-order valence-corrected chi connectivity index (χ2v) is 9.78. The summed E-state index contributed by atoms with van der Waals surface area (Å²) in [4.78, 5) is 13.8. The molecule has 1 heterocycles. The topological polar surface area (TPSA) is 66.5 Å². The summed E-state index contributed by atoms with van der Waals surface area (Å²) in [5, 5.41) is 2.81. The van der Waals surface area contributed by atoms with Crippen molar-refractivity contribution in [3.63, 3.8) is 0 Å². The van der Waals surface area contributed by atoms with Gasteiger partial charge in [-0.2, -0.15) is 0 Å². The summed E-state index contributed by atoms with van der Waals surface area (Å²) in [5.74, 6) is -0.113. The molecule has 1 aliphatic rings. The highest BCUT2D eigenvalue weighted by atomic mass is 32.2. The monoisotopic (exact) mass is 442 g/mol. The Morgan fingerprint density at radius 2 is 1.77 bits per heavy atom. The minimum atomic E-state index is -3.97. The van der Waals surface area contributed by atoms with Crippen molar-refractivity contribution >= 4 is 39.1 Å². The van der Waals surface area contributed by atoms with Gasteiger partial charge in [-0.25, -0.2) is 12.8 Å². The van der Waals surface area contributed by atoms with Crippen molar-refractivity contribution in [2.45, 2.75) is 16.7 Å². The van der Waals surface area contributed by atoms with Gasteiger partial charge >= 0.3 is 0 Å². The van der Waals surface area contributed by atoms with Crippen LogP contribution in [0.2, 0.25) is 0 Å². The van der Waals surface area contributed by atoms with Crippen molar-refractivity contribution in [1.29, 1.82) is 0 Å². The van der Waals surface area contributed by atoms with E-state index in [1.54, 1.807) is 42.1 Å². The Bertz CT molecular complexity index is 1230. The molecular weight excluding hydrogens is 423 g/mol. The van der Waals surface area contributed by atoms with E-state index in [1.165, 1.54) is 24.3 Å². The van der Waals surface area contributed by atoms with Crippen LogP contribution in [0.15, 0.2) is 76.5 Å². The maximum atomic E-state index is 13.9. The van der Waals surface area contributed by atoms with Crippen LogP contribution in [0.4, 0.5) is 15.8 Å². The molecule has 4 rings (SSSR count). The first-order valence-corrected chi connectivity index (χ1v) is 11.8. The number of nitrogens with zero attached hydrogens (tertiary/aromatic N) is 1. The summed E-state index contributed by atoms with van der Waals surface area (Å²) in [7, 11) is -3.97. The molecule has 5 nitrogen and oxygen atoms in total. The predicted octanol–water partition coefficient (Wildman–Crippen LogP) is 4.75. The quantitative estimate of drug-likeness (QED) is 0.579. The van der Waals surface area contributed by atoms with E-state index in [-0.39, 0.29) is 10.6 Å². The van der Waals surface area contributed by atoms with Crippen molar-refractivity contribution in [3.05, 3.63) is 72.5 Å². The van der Waals surface area contributed by atoms with Gasteiger partial charge in [0.15, 0.2) is 0 Å². The molecule has 0 saturated carbocycles. The number of para-hydroxylation sites is 1. The van der Waals surface area contributed by atoms with Gasteiger partial charge in [-0.15, -0.1) is 11.8 Å². The van der Waals surface area contributed by atoms with Crippen molar-refractivity contribution < 1.29 is 17.6 Å². The predicted molar refractivity (Wildman–Crippen MR) is 118 cm³/mol. The minimum Gasteiger partial charge on any atom is -0.323 e. The minimum absolute atomic E-state index is 0.0536. The number of nitrogens with one attached hydrogen (secondary N) is 1. The van der Waals surface area contributed by atoms with Crippen molar-refractivity contribution in [2.75, 3.05) is 21.9 Å². The summed E-state index contributed by atoms with van der Waals surface area (Å²) < 4.78 is 41.5. The maximum Gasteiger partial charge on any atom is 0.265 e. The number of amides is 1.